The van der Waals surface area contributed by atoms with Crippen molar-refractivity contribution in [2.75, 3.05) is 33.4 Å². The summed E-state index contributed by atoms with van der Waals surface area (Å²) in [5.41, 5.74) is 3.81. The summed E-state index contributed by atoms with van der Waals surface area (Å²) in [6.45, 7) is 11.4. The molecule has 0 unspecified atom stereocenters. The Bertz CT molecular complexity index is 480. The van der Waals surface area contributed by atoms with Gasteiger partial charge in [-0.3, -0.25) is 0 Å². The Morgan fingerprint density at radius 1 is 1.38 bits per heavy atom. The summed E-state index contributed by atoms with van der Waals surface area (Å²) in [4.78, 5) is 0. The summed E-state index contributed by atoms with van der Waals surface area (Å²) < 4.78 is 11.1. The number of morpholine rings is 1. The highest BCUT2D eigenvalue weighted by Crippen LogP contribution is 2.20. The molecule has 0 bridgehead atoms. The molecule has 1 aliphatic heterocycles. The highest BCUT2D eigenvalue weighted by Gasteiger charge is 2.17. The lowest BCUT2D eigenvalue weighted by Gasteiger charge is -2.26. The van der Waals surface area contributed by atoms with E-state index in [0.29, 0.717) is 0 Å². The van der Waals surface area contributed by atoms with Gasteiger partial charge in [-0.25, -0.2) is 0 Å². The monoisotopic (exact) mass is 331 g/mol. The molecule has 0 aromatic carbocycles. The van der Waals surface area contributed by atoms with Gasteiger partial charge >= 0.3 is 0 Å². The van der Waals surface area contributed by atoms with Crippen LogP contribution in [-0.2, 0) is 9.47 Å². The molecular formula is C21H33NO2. The molecular weight excluding hydrogens is 298 g/mol. The van der Waals surface area contributed by atoms with E-state index in [1.165, 1.54) is 16.7 Å². The van der Waals surface area contributed by atoms with Gasteiger partial charge in [-0.15, -0.1) is 0 Å². The summed E-state index contributed by atoms with van der Waals surface area (Å²) in [5, 5.41) is 3.42. The molecule has 0 saturated carbocycles. The van der Waals surface area contributed by atoms with Crippen LogP contribution in [0.3, 0.4) is 0 Å². The SMILES string of the molecule is C=C\C=C/C(=C/C(C)=C(\C=C/CC)[C@H]1CNCCO1)CCCOC. The maximum atomic E-state index is 5.96. The second-order valence-corrected chi connectivity index (χ2v) is 5.92. The molecule has 134 valence electrons. The zero-order valence-corrected chi connectivity index (χ0v) is 15.5. The Balaban J connectivity index is 3.04. The molecule has 1 rings (SSSR count). The van der Waals surface area contributed by atoms with Gasteiger partial charge in [-0.1, -0.05) is 50.0 Å². The second-order valence-electron chi connectivity index (χ2n) is 5.92. The Hall–Kier alpha value is -1.42. The largest absolute Gasteiger partial charge is 0.385 e. The number of allylic oxidation sites excluding steroid dienone is 7. The van der Waals surface area contributed by atoms with Gasteiger partial charge in [-0.05, 0) is 42.9 Å². The van der Waals surface area contributed by atoms with Crippen LogP contribution >= 0.6 is 0 Å². The lowest BCUT2D eigenvalue weighted by Crippen LogP contribution is -2.39. The topological polar surface area (TPSA) is 30.5 Å². The van der Waals surface area contributed by atoms with Crippen molar-refractivity contribution in [2.24, 2.45) is 0 Å². The Morgan fingerprint density at radius 3 is 2.83 bits per heavy atom. The fourth-order valence-electron chi connectivity index (χ4n) is 2.68. The fourth-order valence-corrected chi connectivity index (χ4v) is 2.68. The smallest absolute Gasteiger partial charge is 0.0952 e. The third-order valence-corrected chi connectivity index (χ3v) is 3.93. The van der Waals surface area contributed by atoms with Crippen molar-refractivity contribution in [3.8, 4) is 0 Å². The molecule has 0 spiro atoms. The van der Waals surface area contributed by atoms with Gasteiger partial charge in [-0.2, -0.15) is 0 Å². The van der Waals surface area contributed by atoms with Crippen LogP contribution < -0.4 is 5.32 Å². The number of methoxy groups -OCH3 is 1. The van der Waals surface area contributed by atoms with Crippen molar-refractivity contribution in [1.82, 2.24) is 5.32 Å². The molecule has 1 atom stereocenters. The summed E-state index contributed by atoms with van der Waals surface area (Å²) in [5.74, 6) is 0. The van der Waals surface area contributed by atoms with E-state index in [1.807, 2.05) is 12.2 Å². The Morgan fingerprint density at radius 2 is 2.21 bits per heavy atom. The second kappa shape index (κ2) is 12.9. The standard InChI is InChI=1S/C21H33NO2/c1-5-7-10-19(11-9-14-23-4)16-18(3)20(12-8-6-2)21-17-22-13-15-24-21/h5,7-8,10,12,16,21-22H,1,6,9,11,13-15,17H2,2-4H3/b10-7-,12-8-,19-16-,20-18+/t21-/m1/s1. The van der Waals surface area contributed by atoms with Crippen molar-refractivity contribution in [3.05, 3.63) is 59.8 Å². The first-order valence-corrected chi connectivity index (χ1v) is 8.91. The average molecular weight is 332 g/mol. The third-order valence-electron chi connectivity index (χ3n) is 3.93. The summed E-state index contributed by atoms with van der Waals surface area (Å²) in [6, 6.07) is 0. The van der Waals surface area contributed by atoms with E-state index in [2.05, 4.69) is 50.0 Å². The first kappa shape index (κ1) is 20.6. The maximum absolute atomic E-state index is 5.96. The Kier molecular flexibility index (Phi) is 11.1. The van der Waals surface area contributed by atoms with E-state index < -0.39 is 0 Å². The minimum atomic E-state index is 0.126. The third kappa shape index (κ3) is 7.91. The van der Waals surface area contributed by atoms with Crippen molar-refractivity contribution < 1.29 is 9.47 Å². The molecule has 0 amide bonds. The first-order valence-electron chi connectivity index (χ1n) is 8.91. The van der Waals surface area contributed by atoms with E-state index >= 15 is 0 Å². The molecule has 0 aromatic heterocycles. The molecule has 1 fully saturated rings. The molecule has 3 heteroatoms. The van der Waals surface area contributed by atoms with E-state index in [1.54, 1.807) is 7.11 Å². The van der Waals surface area contributed by atoms with Crippen LogP contribution in [0, 0.1) is 0 Å². The first-order chi connectivity index (χ1) is 11.7. The summed E-state index contributed by atoms with van der Waals surface area (Å²) >= 11 is 0. The van der Waals surface area contributed by atoms with Gasteiger partial charge in [0.05, 0.1) is 12.7 Å². The van der Waals surface area contributed by atoms with Crippen LogP contribution in [0.5, 0.6) is 0 Å². The summed E-state index contributed by atoms with van der Waals surface area (Å²) in [7, 11) is 1.75. The zero-order chi connectivity index (χ0) is 17.6. The van der Waals surface area contributed by atoms with Gasteiger partial charge < -0.3 is 14.8 Å². The quantitative estimate of drug-likeness (QED) is 0.477. The lowest BCUT2D eigenvalue weighted by molar-refractivity contribution is 0.0535. The van der Waals surface area contributed by atoms with Crippen molar-refractivity contribution in [1.29, 1.82) is 0 Å². The van der Waals surface area contributed by atoms with Crippen LogP contribution in [0.1, 0.15) is 33.1 Å². The van der Waals surface area contributed by atoms with E-state index in [9.17, 15) is 0 Å². The van der Waals surface area contributed by atoms with Crippen LogP contribution in [0.2, 0.25) is 0 Å². The summed E-state index contributed by atoms with van der Waals surface area (Å²) in [6.07, 6.45) is 15.8. The van der Waals surface area contributed by atoms with Gasteiger partial charge in [0.1, 0.15) is 0 Å². The highest BCUT2D eigenvalue weighted by molar-refractivity contribution is 5.39. The Labute approximate surface area is 147 Å². The normalized spacial score (nSPS) is 20.6. The van der Waals surface area contributed by atoms with Gasteiger partial charge in [0, 0.05) is 26.8 Å². The molecule has 0 aromatic rings. The number of hydrogen-bond donors (Lipinski definition) is 1. The van der Waals surface area contributed by atoms with Gasteiger partial charge in [0.15, 0.2) is 0 Å². The number of rotatable bonds is 10. The maximum Gasteiger partial charge on any atom is 0.0952 e. The van der Waals surface area contributed by atoms with Crippen LogP contribution in [0.15, 0.2) is 59.8 Å². The molecule has 1 N–H and O–H groups in total. The number of nitrogens with one attached hydrogen (secondary N) is 1. The van der Waals surface area contributed by atoms with E-state index in [-0.39, 0.29) is 6.10 Å². The number of ether oxygens (including phenoxy) is 2. The number of hydrogen-bond acceptors (Lipinski definition) is 3. The molecule has 1 saturated heterocycles. The van der Waals surface area contributed by atoms with Crippen molar-refractivity contribution >= 4 is 0 Å². The molecule has 1 heterocycles. The fraction of sp³-hybridized carbons (Fsp3) is 0.524. The predicted molar refractivity (Wildman–Crippen MR) is 103 cm³/mol. The molecule has 0 radical (unpaired) electrons. The van der Waals surface area contributed by atoms with Gasteiger partial charge in [0.2, 0.25) is 0 Å². The molecule has 0 aliphatic carbocycles. The lowest BCUT2D eigenvalue weighted by atomic mass is 9.98. The minimum Gasteiger partial charge on any atom is -0.385 e. The molecule has 1 aliphatic rings. The van der Waals surface area contributed by atoms with Crippen molar-refractivity contribution in [2.45, 2.75) is 39.2 Å². The minimum absolute atomic E-state index is 0.126. The van der Waals surface area contributed by atoms with Crippen LogP contribution in [0.4, 0.5) is 0 Å². The zero-order valence-electron chi connectivity index (χ0n) is 15.5. The molecule has 24 heavy (non-hydrogen) atoms. The van der Waals surface area contributed by atoms with E-state index in [0.717, 1.165) is 45.6 Å². The average Bonchev–Trinajstić information content (AvgIpc) is 2.61. The van der Waals surface area contributed by atoms with Crippen molar-refractivity contribution in [3.63, 3.8) is 0 Å². The van der Waals surface area contributed by atoms with Crippen LogP contribution in [-0.4, -0.2) is 39.5 Å². The molecule has 3 nitrogen and oxygen atoms in total. The highest BCUT2D eigenvalue weighted by atomic mass is 16.5. The predicted octanol–water partition coefficient (Wildman–Crippen LogP) is 4.35. The van der Waals surface area contributed by atoms with Gasteiger partial charge in [0.25, 0.3) is 0 Å². The van der Waals surface area contributed by atoms with E-state index in [4.69, 9.17) is 9.47 Å². The van der Waals surface area contributed by atoms with Crippen LogP contribution in [0.25, 0.3) is 0 Å².